The Balaban J connectivity index is 2.99. The third-order valence-corrected chi connectivity index (χ3v) is 4.74. The lowest BCUT2D eigenvalue weighted by Crippen LogP contribution is -2.41. The molecule has 0 atom stereocenters. The first-order chi connectivity index (χ1) is 6.77. The summed E-state index contributed by atoms with van der Waals surface area (Å²) in [6, 6.07) is 0. The highest BCUT2D eigenvalue weighted by atomic mass is 32.2. The number of ketones is 1. The maximum Gasteiger partial charge on any atom is 0.182 e. The van der Waals surface area contributed by atoms with E-state index in [1.54, 1.807) is 0 Å². The van der Waals surface area contributed by atoms with Crippen LogP contribution in [-0.4, -0.2) is 31.8 Å². The number of ether oxygens (including phenoxy) is 1. The van der Waals surface area contributed by atoms with Gasteiger partial charge >= 0.3 is 0 Å². The van der Waals surface area contributed by atoms with Crippen molar-refractivity contribution in [2.75, 3.05) is 12.9 Å². The van der Waals surface area contributed by atoms with Crippen molar-refractivity contribution >= 4 is 15.6 Å². The van der Waals surface area contributed by atoms with E-state index >= 15 is 0 Å². The second-order valence-corrected chi connectivity index (χ2v) is 6.79. The van der Waals surface area contributed by atoms with Gasteiger partial charge in [-0.3, -0.25) is 4.79 Å². The standard InChI is InChI=1S/C10H16O4S/c1-10(2,15(3,12)13)9(11)8-5-4-6-14-7-8/h7H,4-6H2,1-3H3. The van der Waals surface area contributed by atoms with E-state index in [9.17, 15) is 13.2 Å². The molecule has 1 rings (SSSR count). The first-order valence-corrected chi connectivity index (χ1v) is 6.71. The van der Waals surface area contributed by atoms with Gasteiger partial charge in [0.15, 0.2) is 15.6 Å². The van der Waals surface area contributed by atoms with Gasteiger partial charge in [0.25, 0.3) is 0 Å². The van der Waals surface area contributed by atoms with Crippen molar-refractivity contribution in [1.82, 2.24) is 0 Å². The molecule has 0 aromatic heterocycles. The molecule has 0 saturated heterocycles. The van der Waals surface area contributed by atoms with Gasteiger partial charge in [-0.25, -0.2) is 8.42 Å². The zero-order valence-corrected chi connectivity index (χ0v) is 10.1. The molecule has 0 aromatic carbocycles. The molecule has 0 aromatic rings. The highest BCUT2D eigenvalue weighted by Gasteiger charge is 2.40. The van der Waals surface area contributed by atoms with Gasteiger partial charge in [0.05, 0.1) is 12.9 Å². The average molecular weight is 232 g/mol. The lowest BCUT2D eigenvalue weighted by atomic mass is 9.97. The second kappa shape index (κ2) is 3.96. The first kappa shape index (κ1) is 12.2. The molecule has 1 aliphatic heterocycles. The number of sulfone groups is 1. The zero-order valence-electron chi connectivity index (χ0n) is 9.24. The SMILES string of the molecule is CC(C)(C(=O)C1=COCCC1)S(C)(=O)=O. The molecule has 0 unspecified atom stereocenters. The fraction of sp³-hybridized carbons (Fsp3) is 0.700. The van der Waals surface area contributed by atoms with Crippen molar-refractivity contribution in [3.05, 3.63) is 11.8 Å². The van der Waals surface area contributed by atoms with Crippen molar-refractivity contribution in [2.45, 2.75) is 31.4 Å². The summed E-state index contributed by atoms with van der Waals surface area (Å²) in [6.07, 6.45) is 3.82. The van der Waals surface area contributed by atoms with E-state index < -0.39 is 14.6 Å². The molecule has 0 amide bonds. The summed E-state index contributed by atoms with van der Waals surface area (Å²) in [6.45, 7) is 3.45. The molecule has 0 radical (unpaired) electrons. The van der Waals surface area contributed by atoms with E-state index in [1.165, 1.54) is 20.1 Å². The van der Waals surface area contributed by atoms with E-state index in [0.717, 1.165) is 12.7 Å². The fourth-order valence-electron chi connectivity index (χ4n) is 1.29. The number of hydrogen-bond acceptors (Lipinski definition) is 4. The minimum Gasteiger partial charge on any atom is -0.501 e. The molecule has 0 aliphatic carbocycles. The second-order valence-electron chi connectivity index (χ2n) is 4.23. The number of rotatable bonds is 3. The van der Waals surface area contributed by atoms with Gasteiger partial charge in [0, 0.05) is 11.8 Å². The highest BCUT2D eigenvalue weighted by molar-refractivity contribution is 7.92. The van der Waals surface area contributed by atoms with Crippen LogP contribution in [0.5, 0.6) is 0 Å². The van der Waals surface area contributed by atoms with Crippen LogP contribution in [0.4, 0.5) is 0 Å². The van der Waals surface area contributed by atoms with E-state index in [4.69, 9.17) is 4.74 Å². The molecule has 5 heteroatoms. The number of Topliss-reactive ketones (excluding diaryl/α,β-unsaturated/α-hetero) is 1. The Morgan fingerprint density at radius 3 is 2.47 bits per heavy atom. The third kappa shape index (κ3) is 2.40. The smallest absolute Gasteiger partial charge is 0.182 e. The van der Waals surface area contributed by atoms with E-state index in [2.05, 4.69) is 0 Å². The maximum absolute atomic E-state index is 11.9. The van der Waals surface area contributed by atoms with Crippen molar-refractivity contribution in [1.29, 1.82) is 0 Å². The summed E-state index contributed by atoms with van der Waals surface area (Å²) in [5.74, 6) is -0.357. The maximum atomic E-state index is 11.9. The molecule has 0 bridgehead atoms. The predicted octanol–water partition coefficient (Wildman–Crippen LogP) is 1.07. The van der Waals surface area contributed by atoms with Crippen LogP contribution in [0.1, 0.15) is 26.7 Å². The van der Waals surface area contributed by atoms with Gasteiger partial charge < -0.3 is 4.74 Å². The zero-order chi connectivity index (χ0) is 11.7. The fourth-order valence-corrected chi connectivity index (χ4v) is 1.75. The Hall–Kier alpha value is -0.840. The molecule has 1 aliphatic rings. The topological polar surface area (TPSA) is 60.4 Å². The largest absolute Gasteiger partial charge is 0.501 e. The van der Waals surface area contributed by atoms with Crippen LogP contribution in [0.3, 0.4) is 0 Å². The summed E-state index contributed by atoms with van der Waals surface area (Å²) in [5, 5.41) is 0. The van der Waals surface area contributed by atoms with Crippen LogP contribution in [0.15, 0.2) is 11.8 Å². The lowest BCUT2D eigenvalue weighted by Gasteiger charge is -2.23. The van der Waals surface area contributed by atoms with Crippen LogP contribution in [-0.2, 0) is 19.4 Å². The Morgan fingerprint density at radius 2 is 2.07 bits per heavy atom. The molecule has 86 valence electrons. The van der Waals surface area contributed by atoms with Gasteiger partial charge in [0.2, 0.25) is 0 Å². The average Bonchev–Trinajstić information content (AvgIpc) is 2.16. The van der Waals surface area contributed by atoms with Gasteiger partial charge in [-0.15, -0.1) is 0 Å². The van der Waals surface area contributed by atoms with Crippen molar-refractivity contribution < 1.29 is 17.9 Å². The van der Waals surface area contributed by atoms with Gasteiger partial charge in [-0.2, -0.15) is 0 Å². The third-order valence-electron chi connectivity index (χ3n) is 2.70. The van der Waals surface area contributed by atoms with Gasteiger partial charge in [0.1, 0.15) is 4.75 Å². The minimum atomic E-state index is -3.40. The van der Waals surface area contributed by atoms with E-state index in [1.807, 2.05) is 0 Å². The van der Waals surface area contributed by atoms with Crippen LogP contribution in [0.2, 0.25) is 0 Å². The normalized spacial score (nSPS) is 17.9. The number of carbonyl (C=O) groups excluding carboxylic acids is 1. The van der Waals surface area contributed by atoms with Crippen molar-refractivity contribution in [2.24, 2.45) is 0 Å². The van der Waals surface area contributed by atoms with Crippen LogP contribution in [0.25, 0.3) is 0 Å². The monoisotopic (exact) mass is 232 g/mol. The molecule has 4 nitrogen and oxygen atoms in total. The minimum absolute atomic E-state index is 0.357. The summed E-state index contributed by atoms with van der Waals surface area (Å²) in [4.78, 5) is 11.9. The molecular formula is C10H16O4S. The first-order valence-electron chi connectivity index (χ1n) is 4.82. The Kier molecular flexibility index (Phi) is 3.23. The summed E-state index contributed by atoms with van der Waals surface area (Å²) >= 11 is 0. The molecule has 0 N–H and O–H groups in total. The Labute approximate surface area is 90.2 Å². The van der Waals surface area contributed by atoms with Gasteiger partial charge in [-0.1, -0.05) is 0 Å². The number of carbonyl (C=O) groups is 1. The number of hydrogen-bond donors (Lipinski definition) is 0. The summed E-state index contributed by atoms with van der Waals surface area (Å²) in [5.41, 5.74) is 0.469. The van der Waals surface area contributed by atoms with Crippen molar-refractivity contribution in [3.8, 4) is 0 Å². The number of allylic oxidation sites excluding steroid dienone is 1. The van der Waals surface area contributed by atoms with Crippen LogP contribution < -0.4 is 0 Å². The molecule has 0 fully saturated rings. The molecule has 15 heavy (non-hydrogen) atoms. The Morgan fingerprint density at radius 1 is 1.47 bits per heavy atom. The van der Waals surface area contributed by atoms with Gasteiger partial charge in [-0.05, 0) is 26.7 Å². The lowest BCUT2D eigenvalue weighted by molar-refractivity contribution is -0.117. The Bertz CT molecular complexity index is 390. The van der Waals surface area contributed by atoms with E-state index in [-0.39, 0.29) is 5.78 Å². The summed E-state index contributed by atoms with van der Waals surface area (Å²) in [7, 11) is -3.40. The predicted molar refractivity (Wildman–Crippen MR) is 57.2 cm³/mol. The van der Waals surface area contributed by atoms with Crippen LogP contribution >= 0.6 is 0 Å². The van der Waals surface area contributed by atoms with Crippen LogP contribution in [0, 0.1) is 0 Å². The summed E-state index contributed by atoms with van der Waals surface area (Å²) < 4.78 is 26.6. The molecule has 1 heterocycles. The van der Waals surface area contributed by atoms with E-state index in [0.29, 0.717) is 18.6 Å². The highest BCUT2D eigenvalue weighted by Crippen LogP contribution is 2.24. The quantitative estimate of drug-likeness (QED) is 0.730. The molecule has 0 saturated carbocycles. The molecular weight excluding hydrogens is 216 g/mol. The van der Waals surface area contributed by atoms with Crippen molar-refractivity contribution in [3.63, 3.8) is 0 Å². The molecule has 0 spiro atoms.